The van der Waals surface area contributed by atoms with Crippen LogP contribution in [0.3, 0.4) is 0 Å². The van der Waals surface area contributed by atoms with E-state index in [2.05, 4.69) is 49.3 Å². The summed E-state index contributed by atoms with van der Waals surface area (Å²) >= 11 is 0. The molecule has 0 spiro atoms. The van der Waals surface area contributed by atoms with E-state index >= 15 is 0 Å². The number of likely N-dealkylation sites (N-methyl/N-ethyl adjacent to an activating group) is 3. The maximum atomic E-state index is 12.5. The Bertz CT molecular complexity index is 556. The van der Waals surface area contributed by atoms with Crippen LogP contribution in [0.15, 0.2) is 0 Å². The standard InChI is InChI=1S/C18H41N3O7P2/c1-18(2,3)9-15(19-4)11-25-29(7,23)27-13-17(21-6)14-28-30(8,24)26-12-16(10-22)20-5/h15-17,19-22H,7-14H2,1-6H3/q-2. The second kappa shape index (κ2) is 14.4. The summed E-state index contributed by atoms with van der Waals surface area (Å²) in [6.45, 7) is 6.27. The molecule has 0 heterocycles. The summed E-state index contributed by atoms with van der Waals surface area (Å²) in [6, 6.07) is -0.794. The minimum absolute atomic E-state index is 0.0154. The molecule has 0 saturated carbocycles. The first-order valence-corrected chi connectivity index (χ1v) is 13.3. The summed E-state index contributed by atoms with van der Waals surface area (Å²) in [7, 11) is -1.98. The molecule has 0 aliphatic rings. The topological polar surface area (TPSA) is 139 Å². The van der Waals surface area contributed by atoms with Gasteiger partial charge in [-0.1, -0.05) is 33.4 Å². The van der Waals surface area contributed by atoms with Gasteiger partial charge in [0.1, 0.15) is 0 Å². The summed E-state index contributed by atoms with van der Waals surface area (Å²) in [6.07, 6.45) is 7.83. The monoisotopic (exact) mass is 473 g/mol. The molecule has 30 heavy (non-hydrogen) atoms. The van der Waals surface area contributed by atoms with E-state index in [1.165, 1.54) is 0 Å². The molecule has 0 aromatic carbocycles. The molecule has 0 rings (SSSR count). The van der Waals surface area contributed by atoms with Gasteiger partial charge in [0.2, 0.25) is 0 Å². The minimum Gasteiger partial charge on any atom is -0.789 e. The third-order valence-electron chi connectivity index (χ3n) is 4.19. The molecule has 12 heteroatoms. The van der Waals surface area contributed by atoms with Gasteiger partial charge in [0, 0.05) is 21.2 Å². The lowest BCUT2D eigenvalue weighted by Gasteiger charge is -2.35. The van der Waals surface area contributed by atoms with Crippen LogP contribution in [0.2, 0.25) is 0 Å². The number of nitrogens with one attached hydrogen (secondary N) is 3. The molecular formula is C18H41N3O7P2-2. The summed E-state index contributed by atoms with van der Waals surface area (Å²) in [4.78, 5) is 24.8. The van der Waals surface area contributed by atoms with Crippen LogP contribution >= 0.6 is 15.1 Å². The molecule has 0 aliphatic heterocycles. The van der Waals surface area contributed by atoms with Crippen molar-refractivity contribution in [2.24, 2.45) is 5.41 Å². The molecule has 5 atom stereocenters. The highest BCUT2D eigenvalue weighted by molar-refractivity contribution is 7.57. The summed E-state index contributed by atoms with van der Waals surface area (Å²) < 4.78 is 21.2. The normalized spacial score (nSPS) is 19.6. The maximum Gasteiger partial charge on any atom is 0.0697 e. The second-order valence-electron chi connectivity index (χ2n) is 8.31. The Morgan fingerprint density at radius 3 is 1.40 bits per heavy atom. The van der Waals surface area contributed by atoms with E-state index in [-0.39, 0.29) is 50.5 Å². The fraction of sp³-hybridized carbons (Fsp3) is 0.889. The summed E-state index contributed by atoms with van der Waals surface area (Å²) in [5, 5.41) is 18.0. The Balaban J connectivity index is 4.48. The van der Waals surface area contributed by atoms with Crippen molar-refractivity contribution in [3.8, 4) is 0 Å². The van der Waals surface area contributed by atoms with Crippen molar-refractivity contribution in [1.29, 1.82) is 0 Å². The summed E-state index contributed by atoms with van der Waals surface area (Å²) in [5.41, 5.74) is 0.0895. The Kier molecular flexibility index (Phi) is 14.5. The van der Waals surface area contributed by atoms with Gasteiger partial charge in [-0.05, 0) is 33.0 Å². The third-order valence-corrected chi connectivity index (χ3v) is 6.36. The predicted molar refractivity (Wildman–Crippen MR) is 122 cm³/mol. The third kappa shape index (κ3) is 15.1. The van der Waals surface area contributed by atoms with Gasteiger partial charge in [-0.2, -0.15) is 0 Å². The van der Waals surface area contributed by atoms with Gasteiger partial charge in [0.25, 0.3) is 0 Å². The number of rotatable bonds is 17. The smallest absolute Gasteiger partial charge is 0.0697 e. The zero-order valence-electron chi connectivity index (χ0n) is 19.2. The van der Waals surface area contributed by atoms with Crippen molar-refractivity contribution in [1.82, 2.24) is 16.0 Å². The van der Waals surface area contributed by atoms with E-state index in [0.29, 0.717) is 0 Å². The first-order chi connectivity index (χ1) is 13.8. The van der Waals surface area contributed by atoms with E-state index in [9.17, 15) is 9.79 Å². The van der Waals surface area contributed by atoms with E-state index < -0.39 is 21.2 Å². The lowest BCUT2D eigenvalue weighted by Crippen LogP contribution is -2.37. The van der Waals surface area contributed by atoms with Gasteiger partial charge < -0.3 is 48.9 Å². The van der Waals surface area contributed by atoms with Crippen molar-refractivity contribution in [2.75, 3.05) is 54.2 Å². The Hall–Kier alpha value is 0.200. The second-order valence-corrected chi connectivity index (χ2v) is 11.8. The fourth-order valence-electron chi connectivity index (χ4n) is 2.31. The van der Waals surface area contributed by atoms with Gasteiger partial charge in [0.15, 0.2) is 0 Å². The minimum atomic E-state index is -3.58. The fourth-order valence-corrected chi connectivity index (χ4v) is 4.09. The molecule has 0 aromatic rings. The molecule has 0 aromatic heterocycles. The van der Waals surface area contributed by atoms with E-state index in [4.69, 9.17) is 23.2 Å². The van der Waals surface area contributed by atoms with Crippen molar-refractivity contribution in [3.05, 3.63) is 0 Å². The number of aliphatic hydroxyl groups is 1. The Labute approximate surface area is 182 Å². The summed E-state index contributed by atoms with van der Waals surface area (Å²) in [5.74, 6) is 0. The highest BCUT2D eigenvalue weighted by Crippen LogP contribution is 2.40. The van der Waals surface area contributed by atoms with Crippen LogP contribution in [0.5, 0.6) is 0 Å². The van der Waals surface area contributed by atoms with Crippen LogP contribution in [0.4, 0.5) is 0 Å². The van der Waals surface area contributed by atoms with Crippen LogP contribution in [-0.4, -0.2) is 90.0 Å². The van der Waals surface area contributed by atoms with Gasteiger partial charge >= 0.3 is 0 Å². The average molecular weight is 473 g/mol. The van der Waals surface area contributed by atoms with Crippen molar-refractivity contribution in [2.45, 2.75) is 45.3 Å². The van der Waals surface area contributed by atoms with Crippen molar-refractivity contribution < 1.29 is 33.0 Å². The van der Waals surface area contributed by atoms with Crippen molar-refractivity contribution >= 4 is 27.7 Å². The van der Waals surface area contributed by atoms with Gasteiger partial charge in [0.05, 0.1) is 45.1 Å². The average Bonchev–Trinajstić information content (AvgIpc) is 2.65. The zero-order chi connectivity index (χ0) is 23.4. The van der Waals surface area contributed by atoms with Crippen LogP contribution < -0.4 is 25.7 Å². The number of aliphatic hydroxyl groups excluding tert-OH is 1. The quantitative estimate of drug-likeness (QED) is 0.202. The van der Waals surface area contributed by atoms with Gasteiger partial charge in [-0.3, -0.25) is 0 Å². The van der Waals surface area contributed by atoms with Gasteiger partial charge in [-0.15, -0.1) is 0 Å². The molecule has 10 nitrogen and oxygen atoms in total. The molecule has 0 aliphatic carbocycles. The lowest BCUT2D eigenvalue weighted by atomic mass is 9.88. The molecule has 0 fully saturated rings. The first-order valence-electron chi connectivity index (χ1n) is 9.87. The Morgan fingerprint density at radius 1 is 0.767 bits per heavy atom. The van der Waals surface area contributed by atoms with Gasteiger partial charge in [-0.25, -0.2) is 0 Å². The lowest BCUT2D eigenvalue weighted by molar-refractivity contribution is -0.210. The van der Waals surface area contributed by atoms with Crippen LogP contribution in [0.1, 0.15) is 27.2 Å². The van der Waals surface area contributed by atoms with E-state index in [1.807, 2.05) is 7.05 Å². The van der Waals surface area contributed by atoms with E-state index in [0.717, 1.165) is 6.42 Å². The molecule has 0 saturated heterocycles. The Morgan fingerprint density at radius 2 is 1.10 bits per heavy atom. The largest absolute Gasteiger partial charge is 0.789 e. The molecule has 0 amide bonds. The van der Waals surface area contributed by atoms with Crippen LogP contribution in [0.25, 0.3) is 0 Å². The number of hydrogen-bond donors (Lipinski definition) is 4. The van der Waals surface area contributed by atoms with E-state index in [1.54, 1.807) is 14.1 Å². The molecule has 182 valence electrons. The van der Waals surface area contributed by atoms with Crippen molar-refractivity contribution in [3.63, 3.8) is 0 Å². The molecular weight excluding hydrogens is 432 g/mol. The highest BCUT2D eigenvalue weighted by Gasteiger charge is 2.19. The highest BCUT2D eigenvalue weighted by atomic mass is 31.2. The molecule has 5 unspecified atom stereocenters. The molecule has 0 radical (unpaired) electrons. The van der Waals surface area contributed by atoms with Crippen LogP contribution in [0, 0.1) is 5.41 Å². The molecule has 0 bridgehead atoms. The SMILES string of the molecule is C=P([O-])(OCC(CO)NC)OCC(COP(=C)([O-])OCC(CC(C)(C)C)NC)NC. The molecule has 4 N–H and O–H groups in total. The number of hydrogen-bond acceptors (Lipinski definition) is 10. The predicted octanol–water partition coefficient (Wildman–Crippen LogP) is -0.645. The zero-order valence-corrected chi connectivity index (χ0v) is 21.0. The maximum absolute atomic E-state index is 12.5. The van der Waals surface area contributed by atoms with Crippen LogP contribution in [-0.2, 0) is 18.1 Å². The first kappa shape index (κ1) is 30.2.